The van der Waals surface area contributed by atoms with Gasteiger partial charge < -0.3 is 14.2 Å². The molecular weight excluding hydrogens is 248 g/mol. The van der Waals surface area contributed by atoms with E-state index in [1.165, 1.54) is 20.3 Å². The summed E-state index contributed by atoms with van der Waals surface area (Å²) in [7, 11) is 1.51. The molecule has 0 aliphatic heterocycles. The van der Waals surface area contributed by atoms with Crippen LogP contribution in [0.5, 0.6) is 11.5 Å². The molecule has 0 atom stereocenters. The Morgan fingerprint density at radius 1 is 1.32 bits per heavy atom. The highest BCUT2D eigenvalue weighted by atomic mass is 16.5. The van der Waals surface area contributed by atoms with Gasteiger partial charge in [-0.15, -0.1) is 0 Å². The minimum Gasteiger partial charge on any atom is -0.497 e. The van der Waals surface area contributed by atoms with Crippen molar-refractivity contribution in [3.8, 4) is 11.5 Å². The number of carbonyl (C=O) groups is 2. The highest BCUT2D eigenvalue weighted by Crippen LogP contribution is 2.24. The lowest BCUT2D eigenvalue weighted by Gasteiger charge is -2.07. The van der Waals surface area contributed by atoms with Crippen LogP contribution < -0.4 is 9.47 Å². The molecule has 0 N–H and O–H groups in total. The SMILES string of the molecule is CCOC(=O)C=COc1ccc(OC)cc1C(C)=O. The normalized spacial score (nSPS) is 10.3. The fourth-order valence-electron chi connectivity index (χ4n) is 1.37. The molecular formula is C14H16O5. The van der Waals surface area contributed by atoms with Gasteiger partial charge in [-0.05, 0) is 32.0 Å². The van der Waals surface area contributed by atoms with Gasteiger partial charge in [0.1, 0.15) is 11.5 Å². The van der Waals surface area contributed by atoms with E-state index in [0.29, 0.717) is 23.7 Å². The average molecular weight is 264 g/mol. The summed E-state index contributed by atoms with van der Waals surface area (Å²) in [5, 5.41) is 0. The predicted molar refractivity (Wildman–Crippen MR) is 69.4 cm³/mol. The number of hydrogen-bond donors (Lipinski definition) is 0. The van der Waals surface area contributed by atoms with Gasteiger partial charge in [0.2, 0.25) is 0 Å². The van der Waals surface area contributed by atoms with E-state index in [1.54, 1.807) is 25.1 Å². The van der Waals surface area contributed by atoms with Crippen LogP contribution in [0.25, 0.3) is 0 Å². The zero-order valence-electron chi connectivity index (χ0n) is 11.1. The van der Waals surface area contributed by atoms with Crippen LogP contribution >= 0.6 is 0 Å². The summed E-state index contributed by atoms with van der Waals surface area (Å²) < 4.78 is 15.0. The Morgan fingerprint density at radius 2 is 2.05 bits per heavy atom. The lowest BCUT2D eigenvalue weighted by Crippen LogP contribution is -2.01. The minimum absolute atomic E-state index is 0.154. The maximum atomic E-state index is 11.5. The average Bonchev–Trinajstić information content (AvgIpc) is 2.39. The number of ketones is 1. The van der Waals surface area contributed by atoms with Crippen molar-refractivity contribution in [1.29, 1.82) is 0 Å². The van der Waals surface area contributed by atoms with Gasteiger partial charge in [-0.2, -0.15) is 0 Å². The number of carbonyl (C=O) groups excluding carboxylic acids is 2. The second-order valence-corrected chi connectivity index (χ2v) is 3.59. The van der Waals surface area contributed by atoms with Gasteiger partial charge in [0.05, 0.1) is 31.6 Å². The highest BCUT2D eigenvalue weighted by Gasteiger charge is 2.09. The maximum Gasteiger partial charge on any atom is 0.333 e. The second-order valence-electron chi connectivity index (χ2n) is 3.59. The molecule has 0 fully saturated rings. The first-order valence-electron chi connectivity index (χ1n) is 5.77. The topological polar surface area (TPSA) is 61.8 Å². The predicted octanol–water partition coefficient (Wildman–Crippen LogP) is 2.35. The first-order chi connectivity index (χ1) is 9.08. The number of hydrogen-bond acceptors (Lipinski definition) is 5. The van der Waals surface area contributed by atoms with E-state index in [1.807, 2.05) is 0 Å². The Balaban J connectivity index is 2.83. The van der Waals surface area contributed by atoms with Crippen LogP contribution in [0.2, 0.25) is 0 Å². The first-order valence-corrected chi connectivity index (χ1v) is 5.77. The lowest BCUT2D eigenvalue weighted by atomic mass is 10.1. The summed E-state index contributed by atoms with van der Waals surface area (Å²) >= 11 is 0. The van der Waals surface area contributed by atoms with Gasteiger partial charge in [-0.3, -0.25) is 4.79 Å². The number of methoxy groups -OCH3 is 1. The van der Waals surface area contributed by atoms with Crippen molar-refractivity contribution in [2.24, 2.45) is 0 Å². The fraction of sp³-hybridized carbons (Fsp3) is 0.286. The number of Topliss-reactive ketones (excluding diaryl/α,β-unsaturated/α-hetero) is 1. The lowest BCUT2D eigenvalue weighted by molar-refractivity contribution is -0.137. The van der Waals surface area contributed by atoms with E-state index in [-0.39, 0.29) is 5.78 Å². The largest absolute Gasteiger partial charge is 0.497 e. The zero-order chi connectivity index (χ0) is 14.3. The molecule has 0 bridgehead atoms. The van der Waals surface area contributed by atoms with Crippen LogP contribution in [-0.2, 0) is 9.53 Å². The van der Waals surface area contributed by atoms with E-state index in [4.69, 9.17) is 14.2 Å². The minimum atomic E-state index is -0.500. The third-order valence-electron chi connectivity index (χ3n) is 2.25. The Kier molecular flexibility index (Phi) is 5.60. The summed E-state index contributed by atoms with van der Waals surface area (Å²) in [5.41, 5.74) is 0.382. The van der Waals surface area contributed by atoms with Crippen LogP contribution in [-0.4, -0.2) is 25.5 Å². The zero-order valence-corrected chi connectivity index (χ0v) is 11.1. The summed E-state index contributed by atoms with van der Waals surface area (Å²) in [5.74, 6) is 0.264. The molecule has 19 heavy (non-hydrogen) atoms. The van der Waals surface area contributed by atoms with E-state index >= 15 is 0 Å². The fourth-order valence-corrected chi connectivity index (χ4v) is 1.37. The van der Waals surface area contributed by atoms with Gasteiger partial charge in [0, 0.05) is 0 Å². The number of ether oxygens (including phenoxy) is 3. The van der Waals surface area contributed by atoms with Crippen molar-refractivity contribution in [2.45, 2.75) is 13.8 Å². The molecule has 0 radical (unpaired) electrons. The molecule has 5 heteroatoms. The molecule has 0 saturated carbocycles. The standard InChI is InChI=1S/C14H16O5/c1-4-18-14(16)7-8-19-13-6-5-11(17-3)9-12(13)10(2)15/h5-9H,4H2,1-3H3. The van der Waals surface area contributed by atoms with Gasteiger partial charge >= 0.3 is 5.97 Å². The highest BCUT2D eigenvalue weighted by molar-refractivity contribution is 5.97. The molecule has 0 saturated heterocycles. The van der Waals surface area contributed by atoms with E-state index < -0.39 is 5.97 Å². The molecule has 0 aromatic heterocycles. The Hall–Kier alpha value is -2.30. The van der Waals surface area contributed by atoms with Gasteiger partial charge in [0.15, 0.2) is 5.78 Å². The Morgan fingerprint density at radius 3 is 2.63 bits per heavy atom. The van der Waals surface area contributed by atoms with Crippen molar-refractivity contribution in [3.05, 3.63) is 36.1 Å². The molecule has 5 nitrogen and oxygen atoms in total. The molecule has 0 heterocycles. The van der Waals surface area contributed by atoms with E-state index in [2.05, 4.69) is 0 Å². The number of rotatable bonds is 6. The van der Waals surface area contributed by atoms with Crippen LogP contribution in [0.4, 0.5) is 0 Å². The number of esters is 1. The molecule has 102 valence electrons. The third-order valence-corrected chi connectivity index (χ3v) is 2.25. The van der Waals surface area contributed by atoms with Gasteiger partial charge in [-0.1, -0.05) is 0 Å². The maximum absolute atomic E-state index is 11.5. The van der Waals surface area contributed by atoms with Crippen molar-refractivity contribution in [1.82, 2.24) is 0 Å². The molecule has 0 aliphatic rings. The molecule has 0 aliphatic carbocycles. The molecule has 0 spiro atoms. The Labute approximate surface area is 111 Å². The second kappa shape index (κ2) is 7.20. The van der Waals surface area contributed by atoms with Crippen molar-refractivity contribution in [3.63, 3.8) is 0 Å². The third kappa shape index (κ3) is 4.46. The quantitative estimate of drug-likeness (QED) is 0.341. The van der Waals surface area contributed by atoms with Crippen LogP contribution in [0.15, 0.2) is 30.5 Å². The molecule has 1 rings (SSSR count). The van der Waals surface area contributed by atoms with Crippen molar-refractivity contribution in [2.75, 3.05) is 13.7 Å². The number of benzene rings is 1. The molecule has 1 aromatic carbocycles. The summed E-state index contributed by atoms with van der Waals surface area (Å²) in [4.78, 5) is 22.6. The van der Waals surface area contributed by atoms with Crippen LogP contribution in [0.3, 0.4) is 0 Å². The monoisotopic (exact) mass is 264 g/mol. The van der Waals surface area contributed by atoms with E-state index in [9.17, 15) is 9.59 Å². The summed E-state index contributed by atoms with van der Waals surface area (Å²) in [6.07, 6.45) is 2.34. The molecule has 0 amide bonds. The van der Waals surface area contributed by atoms with Gasteiger partial charge in [0.25, 0.3) is 0 Å². The van der Waals surface area contributed by atoms with Crippen molar-refractivity contribution < 1.29 is 23.8 Å². The van der Waals surface area contributed by atoms with E-state index in [0.717, 1.165) is 6.08 Å². The van der Waals surface area contributed by atoms with Crippen LogP contribution in [0.1, 0.15) is 24.2 Å². The summed E-state index contributed by atoms with van der Waals surface area (Å²) in [6, 6.07) is 4.85. The first kappa shape index (κ1) is 14.8. The smallest absolute Gasteiger partial charge is 0.333 e. The Bertz CT molecular complexity index is 491. The molecule has 0 unspecified atom stereocenters. The molecule has 1 aromatic rings. The van der Waals surface area contributed by atoms with Crippen LogP contribution in [0, 0.1) is 0 Å². The summed E-state index contributed by atoms with van der Waals surface area (Å²) in [6.45, 7) is 3.44. The van der Waals surface area contributed by atoms with Gasteiger partial charge in [-0.25, -0.2) is 4.79 Å². The van der Waals surface area contributed by atoms with Crippen molar-refractivity contribution >= 4 is 11.8 Å².